The zero-order chi connectivity index (χ0) is 34.2. The highest BCUT2D eigenvalue weighted by atomic mass is 32.1. The van der Waals surface area contributed by atoms with Gasteiger partial charge in [0.25, 0.3) is 0 Å². The van der Waals surface area contributed by atoms with Gasteiger partial charge in [-0.1, -0.05) is 121 Å². The SMILES string of the molecule is c1ccc(-c2cc(-c3ccccc3)nc(-c3cc4c5c6c(cc(-c7cccc8c7sc7ccccc78)cc6n(-c6ccccc6)c5c3)CC4)n2)cc1. The second kappa shape index (κ2) is 11.6. The second-order valence-corrected chi connectivity index (χ2v) is 14.8. The van der Waals surface area contributed by atoms with Gasteiger partial charge in [-0.25, -0.2) is 9.97 Å². The van der Waals surface area contributed by atoms with Crippen LogP contribution in [-0.4, -0.2) is 14.5 Å². The van der Waals surface area contributed by atoms with E-state index in [0.717, 1.165) is 52.4 Å². The van der Waals surface area contributed by atoms with E-state index in [9.17, 15) is 0 Å². The molecule has 0 atom stereocenters. The molecule has 0 saturated heterocycles. The molecule has 0 unspecified atom stereocenters. The number of hydrogen-bond acceptors (Lipinski definition) is 3. The molecule has 244 valence electrons. The number of thiophene rings is 1. The number of nitrogens with zero attached hydrogens (tertiary/aromatic N) is 3. The zero-order valence-corrected chi connectivity index (χ0v) is 29.1. The van der Waals surface area contributed by atoms with E-state index in [0.29, 0.717) is 0 Å². The van der Waals surface area contributed by atoms with Crippen molar-refractivity contribution in [3.8, 4) is 50.7 Å². The Kier molecular flexibility index (Phi) is 6.55. The molecule has 4 heteroatoms. The lowest BCUT2D eigenvalue weighted by Crippen LogP contribution is -2.01. The van der Waals surface area contributed by atoms with E-state index in [2.05, 4.69) is 156 Å². The highest BCUT2D eigenvalue weighted by Crippen LogP contribution is 2.46. The average Bonchev–Trinajstić information content (AvgIpc) is 3.77. The van der Waals surface area contributed by atoms with E-state index < -0.39 is 0 Å². The molecule has 0 bridgehead atoms. The van der Waals surface area contributed by atoms with Gasteiger partial charge in [0.2, 0.25) is 0 Å². The van der Waals surface area contributed by atoms with Crippen molar-refractivity contribution in [1.29, 1.82) is 0 Å². The summed E-state index contributed by atoms with van der Waals surface area (Å²) in [4.78, 5) is 10.5. The number of fused-ring (bicyclic) bond motifs is 3. The van der Waals surface area contributed by atoms with Crippen LogP contribution >= 0.6 is 11.3 Å². The first kappa shape index (κ1) is 29.4. The Morgan fingerprint density at radius 3 is 1.69 bits per heavy atom. The summed E-state index contributed by atoms with van der Waals surface area (Å²) in [5.41, 5.74) is 14.0. The topological polar surface area (TPSA) is 30.7 Å². The second-order valence-electron chi connectivity index (χ2n) is 13.7. The monoisotopic (exact) mass is 681 g/mol. The fraction of sp³-hybridized carbons (Fsp3) is 0.0417. The standard InChI is InChI=1S/C48H31N3S/c1-4-13-30(14-5-1)40-29-41(31-15-6-2-7-16-31)50-48(49-40)35-26-33-24-23-32-25-34(37-20-12-21-39-38-19-10-11-22-44(38)52-47(37)39)27-42-45(32)46(33)43(28-35)51(42)36-17-8-3-9-18-36/h1-22,25-29H,23-24H2. The number of benzene rings is 7. The lowest BCUT2D eigenvalue weighted by Gasteiger charge is -2.16. The lowest BCUT2D eigenvalue weighted by molar-refractivity contribution is 0.969. The van der Waals surface area contributed by atoms with Gasteiger partial charge in [-0.2, -0.15) is 0 Å². The van der Waals surface area contributed by atoms with Crippen LogP contribution in [0.15, 0.2) is 164 Å². The van der Waals surface area contributed by atoms with Crippen LogP contribution in [0.25, 0.3) is 92.7 Å². The van der Waals surface area contributed by atoms with Crippen LogP contribution in [0.1, 0.15) is 11.1 Å². The minimum absolute atomic E-state index is 0.742. The number of para-hydroxylation sites is 1. The molecule has 52 heavy (non-hydrogen) atoms. The predicted molar refractivity (Wildman–Crippen MR) is 218 cm³/mol. The molecule has 11 rings (SSSR count). The van der Waals surface area contributed by atoms with E-state index in [4.69, 9.17) is 9.97 Å². The molecule has 0 radical (unpaired) electrons. The van der Waals surface area contributed by atoms with Crippen molar-refractivity contribution < 1.29 is 0 Å². The molecule has 3 nitrogen and oxygen atoms in total. The summed E-state index contributed by atoms with van der Waals surface area (Å²) in [7, 11) is 0. The van der Waals surface area contributed by atoms with Gasteiger partial charge in [0.05, 0.1) is 22.4 Å². The fourth-order valence-electron chi connectivity index (χ4n) is 8.30. The summed E-state index contributed by atoms with van der Waals surface area (Å²) in [6.45, 7) is 0. The molecule has 0 saturated carbocycles. The maximum Gasteiger partial charge on any atom is 0.160 e. The van der Waals surface area contributed by atoms with Gasteiger partial charge in [0, 0.05) is 53.3 Å². The van der Waals surface area contributed by atoms with E-state index >= 15 is 0 Å². The molecule has 0 aliphatic heterocycles. The third-order valence-corrected chi connectivity index (χ3v) is 11.9. The molecular weight excluding hydrogens is 651 g/mol. The lowest BCUT2D eigenvalue weighted by atomic mass is 9.88. The summed E-state index contributed by atoms with van der Waals surface area (Å²) < 4.78 is 5.15. The first-order chi connectivity index (χ1) is 25.8. The summed E-state index contributed by atoms with van der Waals surface area (Å²) >= 11 is 1.90. The van der Waals surface area contributed by atoms with Crippen molar-refractivity contribution in [3.63, 3.8) is 0 Å². The number of hydrogen-bond donors (Lipinski definition) is 0. The number of aromatic nitrogens is 3. The van der Waals surface area contributed by atoms with E-state index in [1.54, 1.807) is 0 Å². The third kappa shape index (κ3) is 4.58. The van der Waals surface area contributed by atoms with Gasteiger partial charge in [0.15, 0.2) is 5.82 Å². The molecule has 0 spiro atoms. The van der Waals surface area contributed by atoms with Crippen LogP contribution < -0.4 is 0 Å². The van der Waals surface area contributed by atoms with Crippen LogP contribution in [0.2, 0.25) is 0 Å². The summed E-state index contributed by atoms with van der Waals surface area (Å²) in [5, 5.41) is 5.37. The smallest absolute Gasteiger partial charge is 0.160 e. The summed E-state index contributed by atoms with van der Waals surface area (Å²) in [5.74, 6) is 0.742. The van der Waals surface area contributed by atoms with Crippen molar-refractivity contribution in [2.24, 2.45) is 0 Å². The Balaban J connectivity index is 1.18. The normalized spacial score (nSPS) is 12.5. The van der Waals surface area contributed by atoms with Crippen LogP contribution in [0, 0.1) is 0 Å². The van der Waals surface area contributed by atoms with Crippen LogP contribution in [0.3, 0.4) is 0 Å². The number of aryl methyl sites for hydroxylation is 2. The van der Waals surface area contributed by atoms with Crippen molar-refractivity contribution in [2.45, 2.75) is 12.8 Å². The van der Waals surface area contributed by atoms with Crippen molar-refractivity contribution in [1.82, 2.24) is 14.5 Å². The van der Waals surface area contributed by atoms with Crippen molar-refractivity contribution in [3.05, 3.63) is 175 Å². The Labute approximate surface area is 305 Å². The summed E-state index contributed by atoms with van der Waals surface area (Å²) in [6.07, 6.45) is 1.95. The Hall–Kier alpha value is -6.36. The van der Waals surface area contributed by atoms with E-state index in [1.807, 2.05) is 23.5 Å². The van der Waals surface area contributed by atoms with Crippen LogP contribution in [0.5, 0.6) is 0 Å². The molecule has 7 aromatic carbocycles. The maximum atomic E-state index is 5.23. The molecule has 1 aliphatic carbocycles. The molecule has 0 N–H and O–H groups in total. The molecule has 1 aliphatic rings. The van der Waals surface area contributed by atoms with E-state index in [1.165, 1.54) is 64.2 Å². The van der Waals surface area contributed by atoms with Gasteiger partial charge in [0.1, 0.15) is 0 Å². The molecule has 0 amide bonds. The maximum absolute atomic E-state index is 5.23. The van der Waals surface area contributed by atoms with Gasteiger partial charge in [-0.05, 0) is 77.6 Å². The van der Waals surface area contributed by atoms with Gasteiger partial charge in [-0.3, -0.25) is 0 Å². The first-order valence-corrected chi connectivity index (χ1v) is 18.7. The Bertz CT molecular complexity index is 2940. The quantitative estimate of drug-likeness (QED) is 0.181. The molecule has 3 heterocycles. The van der Waals surface area contributed by atoms with Crippen LogP contribution in [0.4, 0.5) is 0 Å². The highest BCUT2D eigenvalue weighted by molar-refractivity contribution is 7.26. The highest BCUT2D eigenvalue weighted by Gasteiger charge is 2.25. The Morgan fingerprint density at radius 2 is 1.02 bits per heavy atom. The third-order valence-electron chi connectivity index (χ3n) is 10.6. The van der Waals surface area contributed by atoms with Crippen LogP contribution in [-0.2, 0) is 12.8 Å². The molecular formula is C48H31N3S. The number of rotatable bonds is 5. The van der Waals surface area contributed by atoms with Crippen molar-refractivity contribution >= 4 is 53.3 Å². The Morgan fingerprint density at radius 1 is 0.462 bits per heavy atom. The molecule has 3 aromatic heterocycles. The minimum atomic E-state index is 0.742. The summed E-state index contributed by atoms with van der Waals surface area (Å²) in [6, 6.07) is 59.0. The average molecular weight is 682 g/mol. The predicted octanol–water partition coefficient (Wildman–Crippen LogP) is 12.7. The minimum Gasteiger partial charge on any atom is -0.309 e. The fourth-order valence-corrected chi connectivity index (χ4v) is 9.54. The largest absolute Gasteiger partial charge is 0.309 e. The zero-order valence-electron chi connectivity index (χ0n) is 28.3. The van der Waals surface area contributed by atoms with Gasteiger partial charge in [-0.15, -0.1) is 11.3 Å². The van der Waals surface area contributed by atoms with Crippen molar-refractivity contribution in [2.75, 3.05) is 0 Å². The van der Waals surface area contributed by atoms with Gasteiger partial charge < -0.3 is 4.57 Å². The molecule has 0 fully saturated rings. The van der Waals surface area contributed by atoms with E-state index in [-0.39, 0.29) is 0 Å². The van der Waals surface area contributed by atoms with Gasteiger partial charge >= 0.3 is 0 Å². The first-order valence-electron chi connectivity index (χ1n) is 17.9. The molecule has 10 aromatic rings.